The molecular formula is C18H26N2O5S. The number of esters is 1. The number of allylic oxidation sites excluding steroid dienone is 1. The maximum Gasteiger partial charge on any atom is 0.331 e. The van der Waals surface area contributed by atoms with Gasteiger partial charge in [-0.15, -0.1) is 0 Å². The molecule has 1 aromatic carbocycles. The quantitative estimate of drug-likeness (QED) is 0.520. The fourth-order valence-electron chi connectivity index (χ4n) is 2.16. The summed E-state index contributed by atoms with van der Waals surface area (Å²) in [7, 11) is -3.49. The Labute approximate surface area is 155 Å². The van der Waals surface area contributed by atoms with Crippen molar-refractivity contribution in [2.75, 3.05) is 19.7 Å². The van der Waals surface area contributed by atoms with Crippen molar-refractivity contribution in [1.29, 1.82) is 0 Å². The van der Waals surface area contributed by atoms with Gasteiger partial charge in [0.25, 0.3) is 5.91 Å². The number of carbonyl (C=O) groups is 2. The summed E-state index contributed by atoms with van der Waals surface area (Å²) in [6.07, 6.45) is 1.31. The molecule has 0 fully saturated rings. The van der Waals surface area contributed by atoms with Gasteiger partial charge in [0.15, 0.2) is 6.61 Å². The number of amides is 1. The lowest BCUT2D eigenvalue weighted by Gasteiger charge is -2.18. The Morgan fingerprint density at radius 3 is 2.19 bits per heavy atom. The van der Waals surface area contributed by atoms with Crippen molar-refractivity contribution < 1.29 is 22.7 Å². The molecule has 0 heterocycles. The van der Waals surface area contributed by atoms with Crippen molar-refractivity contribution in [3.63, 3.8) is 0 Å². The van der Waals surface area contributed by atoms with Crippen LogP contribution in [0.25, 0.3) is 0 Å². The molecule has 1 rings (SSSR count). The topological polar surface area (TPSA) is 92.8 Å². The summed E-state index contributed by atoms with van der Waals surface area (Å²) in [5.41, 5.74) is 1.53. The Kier molecular flexibility index (Phi) is 8.47. The van der Waals surface area contributed by atoms with Crippen LogP contribution in [-0.2, 0) is 30.9 Å². The maximum atomic E-state index is 12.4. The minimum absolute atomic E-state index is 0.213. The van der Waals surface area contributed by atoms with Gasteiger partial charge in [-0.05, 0) is 31.5 Å². The largest absolute Gasteiger partial charge is 0.452 e. The van der Waals surface area contributed by atoms with Gasteiger partial charge >= 0.3 is 5.97 Å². The third kappa shape index (κ3) is 6.61. The molecule has 0 radical (unpaired) electrons. The molecule has 0 aromatic heterocycles. The predicted octanol–water partition coefficient (Wildman–Crippen LogP) is 1.84. The standard InChI is InChI=1S/C18H26N2O5S/c1-5-20(6-2)26(23,24)16-9-7-15(8-10-16)12-19-17(21)13-25-18(22)11-14(3)4/h7-11H,5-6,12-13H2,1-4H3,(H,19,21). The number of hydrogen-bond acceptors (Lipinski definition) is 5. The van der Waals surface area contributed by atoms with E-state index in [4.69, 9.17) is 4.74 Å². The first kappa shape index (κ1) is 21.9. The summed E-state index contributed by atoms with van der Waals surface area (Å²) in [6.45, 7) is 7.74. The zero-order chi connectivity index (χ0) is 19.7. The van der Waals surface area contributed by atoms with E-state index in [-0.39, 0.29) is 18.0 Å². The Balaban J connectivity index is 2.59. The van der Waals surface area contributed by atoms with Gasteiger partial charge in [-0.3, -0.25) is 4.79 Å². The molecule has 144 valence electrons. The van der Waals surface area contributed by atoms with E-state index in [2.05, 4.69) is 5.32 Å². The summed E-state index contributed by atoms with van der Waals surface area (Å²) in [6, 6.07) is 6.33. The van der Waals surface area contributed by atoms with Crippen molar-refractivity contribution in [2.45, 2.75) is 39.1 Å². The zero-order valence-corrected chi connectivity index (χ0v) is 16.4. The Hall–Kier alpha value is -2.19. The Bertz CT molecular complexity index is 746. The van der Waals surface area contributed by atoms with Crippen LogP contribution < -0.4 is 5.32 Å². The fraction of sp³-hybridized carbons (Fsp3) is 0.444. The Morgan fingerprint density at radius 2 is 1.69 bits per heavy atom. The van der Waals surface area contributed by atoms with Gasteiger partial charge in [-0.25, -0.2) is 13.2 Å². The van der Waals surface area contributed by atoms with E-state index in [1.54, 1.807) is 39.8 Å². The summed E-state index contributed by atoms with van der Waals surface area (Å²) >= 11 is 0. The minimum Gasteiger partial charge on any atom is -0.452 e. The van der Waals surface area contributed by atoms with E-state index < -0.39 is 21.9 Å². The van der Waals surface area contributed by atoms with Crippen molar-refractivity contribution in [1.82, 2.24) is 9.62 Å². The minimum atomic E-state index is -3.49. The summed E-state index contributed by atoms with van der Waals surface area (Å²) in [5, 5.41) is 2.61. The van der Waals surface area contributed by atoms with Crippen LogP contribution in [0.4, 0.5) is 0 Å². The van der Waals surface area contributed by atoms with Gasteiger partial charge in [0.1, 0.15) is 0 Å². The molecule has 0 spiro atoms. The molecule has 1 aromatic rings. The summed E-state index contributed by atoms with van der Waals surface area (Å²) in [4.78, 5) is 23.2. The van der Waals surface area contributed by atoms with Crippen molar-refractivity contribution in [3.8, 4) is 0 Å². The molecule has 8 heteroatoms. The molecule has 0 aliphatic carbocycles. The second-order valence-electron chi connectivity index (χ2n) is 5.84. The van der Waals surface area contributed by atoms with Crippen LogP contribution in [0, 0.1) is 0 Å². The Morgan fingerprint density at radius 1 is 1.12 bits per heavy atom. The number of hydrogen-bond donors (Lipinski definition) is 1. The van der Waals surface area contributed by atoms with E-state index in [9.17, 15) is 18.0 Å². The number of nitrogens with zero attached hydrogens (tertiary/aromatic N) is 1. The van der Waals surface area contributed by atoms with Crippen molar-refractivity contribution >= 4 is 21.9 Å². The molecule has 7 nitrogen and oxygen atoms in total. The van der Waals surface area contributed by atoms with Gasteiger partial charge in [0.05, 0.1) is 4.90 Å². The van der Waals surface area contributed by atoms with Gasteiger partial charge in [0, 0.05) is 25.7 Å². The number of ether oxygens (including phenoxy) is 1. The first-order valence-corrected chi connectivity index (χ1v) is 9.82. The fourth-order valence-corrected chi connectivity index (χ4v) is 3.62. The monoisotopic (exact) mass is 382 g/mol. The molecule has 1 N–H and O–H groups in total. The van der Waals surface area contributed by atoms with Gasteiger partial charge < -0.3 is 10.1 Å². The second kappa shape index (κ2) is 10.1. The van der Waals surface area contributed by atoms with Crippen LogP contribution >= 0.6 is 0 Å². The molecule has 0 unspecified atom stereocenters. The maximum absolute atomic E-state index is 12.4. The van der Waals surface area contributed by atoms with E-state index in [0.717, 1.165) is 11.1 Å². The highest BCUT2D eigenvalue weighted by atomic mass is 32.2. The van der Waals surface area contributed by atoms with Crippen LogP contribution in [0.2, 0.25) is 0 Å². The van der Waals surface area contributed by atoms with Gasteiger partial charge in [-0.2, -0.15) is 4.31 Å². The number of carbonyl (C=O) groups excluding carboxylic acids is 2. The average Bonchev–Trinajstić information content (AvgIpc) is 2.58. The molecular weight excluding hydrogens is 356 g/mol. The predicted molar refractivity (Wildman–Crippen MR) is 98.8 cm³/mol. The van der Waals surface area contributed by atoms with E-state index in [0.29, 0.717) is 13.1 Å². The van der Waals surface area contributed by atoms with E-state index >= 15 is 0 Å². The average molecular weight is 382 g/mol. The normalized spacial score (nSPS) is 11.1. The first-order chi connectivity index (χ1) is 12.2. The van der Waals surface area contributed by atoms with Crippen LogP contribution in [0.5, 0.6) is 0 Å². The third-order valence-electron chi connectivity index (χ3n) is 3.51. The molecule has 0 saturated heterocycles. The van der Waals surface area contributed by atoms with Crippen LogP contribution in [0.1, 0.15) is 33.3 Å². The number of benzene rings is 1. The lowest BCUT2D eigenvalue weighted by atomic mass is 10.2. The van der Waals surface area contributed by atoms with Gasteiger partial charge in [0.2, 0.25) is 10.0 Å². The molecule has 0 saturated carbocycles. The smallest absolute Gasteiger partial charge is 0.331 e. The highest BCUT2D eigenvalue weighted by Gasteiger charge is 2.21. The second-order valence-corrected chi connectivity index (χ2v) is 7.78. The SMILES string of the molecule is CCN(CC)S(=O)(=O)c1ccc(CNC(=O)COC(=O)C=C(C)C)cc1. The summed E-state index contributed by atoms with van der Waals surface area (Å²) < 4.78 is 31.0. The lowest BCUT2D eigenvalue weighted by molar-refractivity contribution is -0.143. The van der Waals surface area contributed by atoms with Crippen molar-refractivity contribution in [3.05, 3.63) is 41.5 Å². The molecule has 0 aliphatic rings. The van der Waals surface area contributed by atoms with Crippen LogP contribution in [0.3, 0.4) is 0 Å². The molecule has 0 aliphatic heterocycles. The number of sulfonamides is 1. The summed E-state index contributed by atoms with van der Waals surface area (Å²) in [5.74, 6) is -0.994. The highest BCUT2D eigenvalue weighted by molar-refractivity contribution is 7.89. The molecule has 0 bridgehead atoms. The highest BCUT2D eigenvalue weighted by Crippen LogP contribution is 2.16. The molecule has 1 amide bonds. The first-order valence-electron chi connectivity index (χ1n) is 8.38. The van der Waals surface area contributed by atoms with E-state index in [1.165, 1.54) is 22.5 Å². The number of nitrogens with one attached hydrogen (secondary N) is 1. The van der Waals surface area contributed by atoms with Gasteiger partial charge in [-0.1, -0.05) is 31.6 Å². The third-order valence-corrected chi connectivity index (χ3v) is 5.57. The van der Waals surface area contributed by atoms with Crippen molar-refractivity contribution in [2.24, 2.45) is 0 Å². The zero-order valence-electron chi connectivity index (χ0n) is 15.6. The van der Waals surface area contributed by atoms with E-state index in [1.807, 2.05) is 0 Å². The van der Waals surface area contributed by atoms with Crippen LogP contribution in [0.15, 0.2) is 40.8 Å². The lowest BCUT2D eigenvalue weighted by Crippen LogP contribution is -2.30. The molecule has 26 heavy (non-hydrogen) atoms. The van der Waals surface area contributed by atoms with Crippen LogP contribution in [-0.4, -0.2) is 44.3 Å². The molecule has 0 atom stereocenters. The number of rotatable bonds is 9.